The van der Waals surface area contributed by atoms with Crippen molar-refractivity contribution in [1.29, 1.82) is 0 Å². The number of benzene rings is 1. The minimum absolute atomic E-state index is 0.0705. The van der Waals surface area contributed by atoms with Gasteiger partial charge in [0.2, 0.25) is 0 Å². The van der Waals surface area contributed by atoms with Gasteiger partial charge < -0.3 is 4.74 Å². The zero-order valence-corrected chi connectivity index (χ0v) is 17.6. The standard InChI is InChI=1S/C21H31NO4S/c1-7-9-11-18(12-10-8-2)22(20(23)26-21(4,5)6)27(24,25)19-15-13-17(3)14-16-19/h7-8,13-16,18H,1-2,9-12H2,3-6H3. The molecule has 5 nitrogen and oxygen atoms in total. The SMILES string of the molecule is C=CCCC(CCC=C)N(C(=O)OC(C)(C)C)S(=O)(=O)c1ccc(C)cc1. The number of sulfonamides is 1. The average Bonchev–Trinajstić information content (AvgIpc) is 2.55. The molecule has 0 aliphatic carbocycles. The summed E-state index contributed by atoms with van der Waals surface area (Å²) in [5.74, 6) is 0. The third kappa shape index (κ3) is 6.86. The fourth-order valence-corrected chi connectivity index (χ4v) is 4.12. The third-order valence-corrected chi connectivity index (χ3v) is 5.72. The first-order valence-electron chi connectivity index (χ1n) is 9.09. The molecule has 0 radical (unpaired) electrons. The molecule has 0 saturated carbocycles. The van der Waals surface area contributed by atoms with Gasteiger partial charge in [0, 0.05) is 0 Å². The van der Waals surface area contributed by atoms with Crippen LogP contribution in [0.4, 0.5) is 4.79 Å². The summed E-state index contributed by atoms with van der Waals surface area (Å²) < 4.78 is 33.0. The Labute approximate surface area is 163 Å². The minimum Gasteiger partial charge on any atom is -0.443 e. The Morgan fingerprint density at radius 1 is 1.11 bits per heavy atom. The summed E-state index contributed by atoms with van der Waals surface area (Å²) in [6, 6.07) is 5.91. The Hall–Kier alpha value is -2.08. The van der Waals surface area contributed by atoms with E-state index in [9.17, 15) is 13.2 Å². The summed E-state index contributed by atoms with van der Waals surface area (Å²) in [4.78, 5) is 13.0. The van der Waals surface area contributed by atoms with Crippen LogP contribution in [0.15, 0.2) is 54.5 Å². The summed E-state index contributed by atoms with van der Waals surface area (Å²) in [7, 11) is -4.06. The van der Waals surface area contributed by atoms with Crippen LogP contribution in [0.25, 0.3) is 0 Å². The van der Waals surface area contributed by atoms with Crippen LogP contribution in [0.5, 0.6) is 0 Å². The summed E-state index contributed by atoms with van der Waals surface area (Å²) in [5, 5.41) is 0. The number of rotatable bonds is 9. The number of allylic oxidation sites excluding steroid dienone is 2. The lowest BCUT2D eigenvalue weighted by atomic mass is 10.1. The molecule has 0 N–H and O–H groups in total. The van der Waals surface area contributed by atoms with E-state index in [1.54, 1.807) is 45.1 Å². The van der Waals surface area contributed by atoms with Crippen LogP contribution >= 0.6 is 0 Å². The van der Waals surface area contributed by atoms with E-state index in [0.29, 0.717) is 25.7 Å². The molecular formula is C21H31NO4S. The van der Waals surface area contributed by atoms with E-state index in [4.69, 9.17) is 4.74 Å². The normalized spacial score (nSPS) is 11.9. The lowest BCUT2D eigenvalue weighted by Gasteiger charge is -2.32. The second-order valence-electron chi connectivity index (χ2n) is 7.48. The van der Waals surface area contributed by atoms with Gasteiger partial charge in [0.15, 0.2) is 0 Å². The molecule has 1 amide bonds. The van der Waals surface area contributed by atoms with Crippen molar-refractivity contribution < 1.29 is 17.9 Å². The van der Waals surface area contributed by atoms with E-state index in [1.807, 2.05) is 6.92 Å². The zero-order chi connectivity index (χ0) is 20.7. The minimum atomic E-state index is -4.06. The smallest absolute Gasteiger partial charge is 0.424 e. The molecule has 0 bridgehead atoms. The molecule has 1 aromatic carbocycles. The van der Waals surface area contributed by atoms with E-state index in [-0.39, 0.29) is 4.90 Å². The van der Waals surface area contributed by atoms with Crippen molar-refractivity contribution in [2.24, 2.45) is 0 Å². The number of amides is 1. The lowest BCUT2D eigenvalue weighted by Crippen LogP contribution is -2.47. The van der Waals surface area contributed by atoms with Crippen molar-refractivity contribution >= 4 is 16.1 Å². The monoisotopic (exact) mass is 393 g/mol. The summed E-state index contributed by atoms with van der Waals surface area (Å²) in [6.07, 6.45) is 4.69. The van der Waals surface area contributed by atoms with Crippen molar-refractivity contribution in [2.75, 3.05) is 0 Å². The van der Waals surface area contributed by atoms with Gasteiger partial charge >= 0.3 is 6.09 Å². The molecule has 0 aromatic heterocycles. The molecule has 0 aliphatic rings. The Morgan fingerprint density at radius 3 is 2.00 bits per heavy atom. The van der Waals surface area contributed by atoms with E-state index < -0.39 is 27.8 Å². The third-order valence-electron chi connectivity index (χ3n) is 3.89. The number of hydrogen-bond acceptors (Lipinski definition) is 4. The Balaban J connectivity index is 3.40. The van der Waals surface area contributed by atoms with Gasteiger partial charge in [0.1, 0.15) is 5.60 Å². The number of carbonyl (C=O) groups excluding carboxylic acids is 1. The van der Waals surface area contributed by atoms with Gasteiger partial charge in [-0.25, -0.2) is 13.2 Å². The molecular weight excluding hydrogens is 362 g/mol. The molecule has 1 aromatic rings. The lowest BCUT2D eigenvalue weighted by molar-refractivity contribution is 0.0328. The van der Waals surface area contributed by atoms with Crippen molar-refractivity contribution in [3.05, 3.63) is 55.1 Å². The first kappa shape index (κ1) is 23.0. The fraction of sp³-hybridized carbons (Fsp3) is 0.476. The van der Waals surface area contributed by atoms with Crippen LogP contribution < -0.4 is 0 Å². The molecule has 0 atom stereocenters. The van der Waals surface area contributed by atoms with Gasteiger partial charge in [-0.2, -0.15) is 4.31 Å². The topological polar surface area (TPSA) is 63.7 Å². The van der Waals surface area contributed by atoms with E-state index >= 15 is 0 Å². The highest BCUT2D eigenvalue weighted by molar-refractivity contribution is 7.89. The van der Waals surface area contributed by atoms with Gasteiger partial charge in [0.25, 0.3) is 10.0 Å². The molecule has 27 heavy (non-hydrogen) atoms. The van der Waals surface area contributed by atoms with Crippen LogP contribution in [-0.4, -0.2) is 30.5 Å². The van der Waals surface area contributed by atoms with E-state index in [2.05, 4.69) is 13.2 Å². The predicted molar refractivity (Wildman–Crippen MR) is 109 cm³/mol. The number of aryl methyl sites for hydroxylation is 1. The maximum Gasteiger partial charge on any atom is 0.424 e. The first-order valence-corrected chi connectivity index (χ1v) is 10.5. The Kier molecular flexibility index (Phi) is 8.28. The molecule has 0 aliphatic heterocycles. The summed E-state index contributed by atoms with van der Waals surface area (Å²) >= 11 is 0. The van der Waals surface area contributed by atoms with Gasteiger partial charge in [0.05, 0.1) is 10.9 Å². The molecule has 0 spiro atoms. The summed E-state index contributed by atoms with van der Waals surface area (Å²) in [5.41, 5.74) is 0.132. The van der Waals surface area contributed by atoms with Crippen molar-refractivity contribution in [3.8, 4) is 0 Å². The van der Waals surface area contributed by atoms with E-state index in [1.165, 1.54) is 12.1 Å². The Morgan fingerprint density at radius 2 is 1.59 bits per heavy atom. The van der Waals surface area contributed by atoms with Crippen molar-refractivity contribution in [2.45, 2.75) is 69.9 Å². The largest absolute Gasteiger partial charge is 0.443 e. The Bertz CT molecular complexity index is 733. The van der Waals surface area contributed by atoms with Crippen LogP contribution in [0.2, 0.25) is 0 Å². The molecule has 0 unspecified atom stereocenters. The van der Waals surface area contributed by atoms with E-state index in [0.717, 1.165) is 9.87 Å². The molecule has 1 rings (SSSR count). The summed E-state index contributed by atoms with van der Waals surface area (Å²) in [6.45, 7) is 14.4. The first-order chi connectivity index (χ1) is 12.5. The molecule has 0 saturated heterocycles. The van der Waals surface area contributed by atoms with Crippen LogP contribution in [-0.2, 0) is 14.8 Å². The van der Waals surface area contributed by atoms with Gasteiger partial charge in [-0.05, 0) is 65.5 Å². The molecule has 150 valence electrons. The zero-order valence-electron chi connectivity index (χ0n) is 16.8. The van der Waals surface area contributed by atoms with Crippen LogP contribution in [0, 0.1) is 6.92 Å². The molecule has 6 heteroatoms. The molecule has 0 heterocycles. The number of nitrogens with zero attached hydrogens (tertiary/aromatic N) is 1. The highest BCUT2D eigenvalue weighted by Crippen LogP contribution is 2.26. The van der Waals surface area contributed by atoms with Crippen molar-refractivity contribution in [3.63, 3.8) is 0 Å². The maximum atomic E-state index is 13.3. The second-order valence-corrected chi connectivity index (χ2v) is 9.30. The van der Waals surface area contributed by atoms with Gasteiger partial charge in [-0.3, -0.25) is 0 Å². The molecule has 0 fully saturated rings. The maximum absolute atomic E-state index is 13.3. The fourth-order valence-electron chi connectivity index (χ4n) is 2.57. The van der Waals surface area contributed by atoms with Crippen LogP contribution in [0.3, 0.4) is 0 Å². The number of carbonyl (C=O) groups is 1. The number of hydrogen-bond donors (Lipinski definition) is 0. The number of ether oxygens (including phenoxy) is 1. The second kappa shape index (κ2) is 9.74. The quantitative estimate of drug-likeness (QED) is 0.540. The van der Waals surface area contributed by atoms with Gasteiger partial charge in [-0.15, -0.1) is 13.2 Å². The highest BCUT2D eigenvalue weighted by Gasteiger charge is 2.38. The van der Waals surface area contributed by atoms with Crippen molar-refractivity contribution in [1.82, 2.24) is 4.31 Å². The predicted octanol–water partition coefficient (Wildman–Crippen LogP) is 5.22. The average molecular weight is 394 g/mol. The van der Waals surface area contributed by atoms with Gasteiger partial charge in [-0.1, -0.05) is 29.8 Å². The van der Waals surface area contributed by atoms with Crippen LogP contribution in [0.1, 0.15) is 52.0 Å². The highest BCUT2D eigenvalue weighted by atomic mass is 32.2.